The monoisotopic (exact) mass is 318 g/mol. The highest BCUT2D eigenvalue weighted by atomic mass is 19.1. The fourth-order valence-electron chi connectivity index (χ4n) is 2.02. The van der Waals surface area contributed by atoms with Crippen molar-refractivity contribution in [3.8, 4) is 0 Å². The zero-order chi connectivity index (χ0) is 17.0. The molecule has 0 saturated carbocycles. The number of carbonyl (C=O) groups excluding carboxylic acids is 2. The third kappa shape index (κ3) is 4.12. The Morgan fingerprint density at radius 1 is 1.04 bits per heavy atom. The standard InChI is InChI=1S/C17H16F2N2O2/c1-11-6-8-12(9-7-11)20-15(22)10-21(2)17(23)16-13(18)4-3-5-14(16)19/h3-9H,10H2,1-2H3,(H,20,22). The first-order chi connectivity index (χ1) is 10.9. The molecule has 0 aliphatic rings. The van der Waals surface area contributed by atoms with Gasteiger partial charge in [0.1, 0.15) is 17.2 Å². The third-order valence-corrected chi connectivity index (χ3v) is 3.24. The van der Waals surface area contributed by atoms with E-state index in [0.29, 0.717) is 5.69 Å². The van der Waals surface area contributed by atoms with Crippen molar-refractivity contribution in [1.29, 1.82) is 0 Å². The zero-order valence-electron chi connectivity index (χ0n) is 12.8. The molecule has 2 aromatic rings. The van der Waals surface area contributed by atoms with Gasteiger partial charge in [-0.05, 0) is 31.2 Å². The van der Waals surface area contributed by atoms with E-state index in [0.717, 1.165) is 22.6 Å². The molecule has 0 bridgehead atoms. The van der Waals surface area contributed by atoms with Crippen molar-refractivity contribution < 1.29 is 18.4 Å². The summed E-state index contributed by atoms with van der Waals surface area (Å²) in [5.41, 5.74) is 0.960. The number of aryl methyl sites for hydroxylation is 1. The summed E-state index contributed by atoms with van der Waals surface area (Å²) in [6.45, 7) is 1.60. The Morgan fingerprint density at radius 2 is 1.61 bits per heavy atom. The number of likely N-dealkylation sites (N-methyl/N-ethyl adjacent to an activating group) is 1. The molecule has 23 heavy (non-hydrogen) atoms. The number of nitrogens with one attached hydrogen (secondary N) is 1. The lowest BCUT2D eigenvalue weighted by Gasteiger charge is -2.17. The molecule has 0 spiro atoms. The van der Waals surface area contributed by atoms with Crippen molar-refractivity contribution in [1.82, 2.24) is 4.90 Å². The molecule has 0 aromatic heterocycles. The topological polar surface area (TPSA) is 49.4 Å². The fraction of sp³-hybridized carbons (Fsp3) is 0.176. The maximum Gasteiger partial charge on any atom is 0.260 e. The van der Waals surface area contributed by atoms with Crippen molar-refractivity contribution in [2.45, 2.75) is 6.92 Å². The molecule has 1 N–H and O–H groups in total. The highest BCUT2D eigenvalue weighted by molar-refractivity contribution is 5.99. The molecule has 6 heteroatoms. The molecule has 2 rings (SSSR count). The Balaban J connectivity index is 2.03. The van der Waals surface area contributed by atoms with Gasteiger partial charge < -0.3 is 10.2 Å². The molecule has 0 unspecified atom stereocenters. The average Bonchev–Trinajstić information content (AvgIpc) is 2.49. The van der Waals surface area contributed by atoms with E-state index in [2.05, 4.69) is 5.32 Å². The van der Waals surface area contributed by atoms with Gasteiger partial charge in [-0.1, -0.05) is 23.8 Å². The number of halogens is 2. The summed E-state index contributed by atoms with van der Waals surface area (Å²) in [5.74, 6) is -3.26. The SMILES string of the molecule is Cc1ccc(NC(=O)CN(C)C(=O)c2c(F)cccc2F)cc1. The molecule has 0 aliphatic carbocycles. The molecule has 0 heterocycles. The van der Waals surface area contributed by atoms with E-state index in [4.69, 9.17) is 0 Å². The van der Waals surface area contributed by atoms with Crippen molar-refractivity contribution >= 4 is 17.5 Å². The lowest BCUT2D eigenvalue weighted by Crippen LogP contribution is -2.35. The van der Waals surface area contributed by atoms with Crippen LogP contribution in [0.25, 0.3) is 0 Å². The highest BCUT2D eigenvalue weighted by Crippen LogP contribution is 2.14. The van der Waals surface area contributed by atoms with Gasteiger partial charge in [0.25, 0.3) is 5.91 Å². The van der Waals surface area contributed by atoms with Gasteiger partial charge in [-0.25, -0.2) is 8.78 Å². The maximum absolute atomic E-state index is 13.6. The van der Waals surface area contributed by atoms with Crippen LogP contribution in [-0.4, -0.2) is 30.3 Å². The largest absolute Gasteiger partial charge is 0.332 e. The minimum atomic E-state index is -0.958. The Hall–Kier alpha value is -2.76. The summed E-state index contributed by atoms with van der Waals surface area (Å²) < 4.78 is 27.2. The second kappa shape index (κ2) is 7.00. The summed E-state index contributed by atoms with van der Waals surface area (Å²) in [4.78, 5) is 25.0. The first-order valence-electron chi connectivity index (χ1n) is 6.94. The lowest BCUT2D eigenvalue weighted by molar-refractivity contribution is -0.116. The number of hydrogen-bond donors (Lipinski definition) is 1. The number of anilines is 1. The Morgan fingerprint density at radius 3 is 2.17 bits per heavy atom. The summed E-state index contributed by atoms with van der Waals surface area (Å²) in [6.07, 6.45) is 0. The quantitative estimate of drug-likeness (QED) is 0.942. The van der Waals surface area contributed by atoms with E-state index >= 15 is 0 Å². The van der Waals surface area contributed by atoms with Gasteiger partial charge in [0.2, 0.25) is 5.91 Å². The minimum absolute atomic E-state index is 0.319. The van der Waals surface area contributed by atoms with Crippen LogP contribution < -0.4 is 5.32 Å². The van der Waals surface area contributed by atoms with E-state index in [1.54, 1.807) is 12.1 Å². The molecule has 0 saturated heterocycles. The summed E-state index contributed by atoms with van der Waals surface area (Å²) >= 11 is 0. The summed E-state index contributed by atoms with van der Waals surface area (Å²) in [5, 5.41) is 2.62. The van der Waals surface area contributed by atoms with Gasteiger partial charge >= 0.3 is 0 Å². The average molecular weight is 318 g/mol. The van der Waals surface area contributed by atoms with Gasteiger partial charge in [0.05, 0.1) is 6.54 Å². The highest BCUT2D eigenvalue weighted by Gasteiger charge is 2.22. The van der Waals surface area contributed by atoms with Crippen molar-refractivity contribution in [3.63, 3.8) is 0 Å². The molecule has 0 aliphatic heterocycles. The first kappa shape index (κ1) is 16.6. The Bertz CT molecular complexity index is 710. The van der Waals surface area contributed by atoms with Crippen molar-refractivity contribution in [3.05, 3.63) is 65.2 Å². The van der Waals surface area contributed by atoms with Crippen LogP contribution in [0.1, 0.15) is 15.9 Å². The van der Waals surface area contributed by atoms with Gasteiger partial charge in [-0.15, -0.1) is 0 Å². The second-order valence-electron chi connectivity index (χ2n) is 5.17. The van der Waals surface area contributed by atoms with Crippen LogP contribution >= 0.6 is 0 Å². The van der Waals surface area contributed by atoms with Crippen molar-refractivity contribution in [2.24, 2.45) is 0 Å². The van der Waals surface area contributed by atoms with Crippen LogP contribution in [0.3, 0.4) is 0 Å². The first-order valence-corrected chi connectivity index (χ1v) is 6.94. The van der Waals surface area contributed by atoms with E-state index in [1.807, 2.05) is 19.1 Å². The molecular formula is C17H16F2N2O2. The number of carbonyl (C=O) groups is 2. The molecule has 120 valence electrons. The van der Waals surface area contributed by atoms with Crippen LogP contribution in [0.2, 0.25) is 0 Å². The van der Waals surface area contributed by atoms with Crippen LogP contribution in [0.4, 0.5) is 14.5 Å². The molecule has 2 aromatic carbocycles. The smallest absolute Gasteiger partial charge is 0.260 e. The number of benzene rings is 2. The normalized spacial score (nSPS) is 10.3. The van der Waals surface area contributed by atoms with E-state index < -0.39 is 29.0 Å². The Labute approximate surface area is 132 Å². The van der Waals surface area contributed by atoms with Gasteiger partial charge in [-0.2, -0.15) is 0 Å². The number of rotatable bonds is 4. The van der Waals surface area contributed by atoms with Crippen molar-refractivity contribution in [2.75, 3.05) is 18.9 Å². The van der Waals surface area contributed by atoms with E-state index in [9.17, 15) is 18.4 Å². The fourth-order valence-corrected chi connectivity index (χ4v) is 2.02. The molecular weight excluding hydrogens is 302 g/mol. The Kier molecular flexibility index (Phi) is 5.05. The summed E-state index contributed by atoms with van der Waals surface area (Å²) in [6, 6.07) is 10.3. The molecule has 2 amide bonds. The van der Waals surface area contributed by atoms with Crippen LogP contribution in [0, 0.1) is 18.6 Å². The maximum atomic E-state index is 13.6. The predicted octanol–water partition coefficient (Wildman–Crippen LogP) is 2.98. The number of nitrogens with zero attached hydrogens (tertiary/aromatic N) is 1. The predicted molar refractivity (Wildman–Crippen MR) is 83.1 cm³/mol. The van der Waals surface area contributed by atoms with E-state index in [1.165, 1.54) is 13.1 Å². The molecule has 0 atom stereocenters. The van der Waals surface area contributed by atoms with Crippen LogP contribution in [0.15, 0.2) is 42.5 Å². The van der Waals surface area contributed by atoms with Gasteiger partial charge in [0.15, 0.2) is 0 Å². The lowest BCUT2D eigenvalue weighted by atomic mass is 10.1. The number of amides is 2. The zero-order valence-corrected chi connectivity index (χ0v) is 12.8. The second-order valence-corrected chi connectivity index (χ2v) is 5.17. The molecule has 0 fully saturated rings. The third-order valence-electron chi connectivity index (χ3n) is 3.24. The summed E-state index contributed by atoms with van der Waals surface area (Å²) in [7, 11) is 1.31. The molecule has 4 nitrogen and oxygen atoms in total. The number of hydrogen-bond acceptors (Lipinski definition) is 2. The minimum Gasteiger partial charge on any atom is -0.332 e. The van der Waals surface area contributed by atoms with E-state index in [-0.39, 0.29) is 6.54 Å². The van der Waals surface area contributed by atoms with Gasteiger partial charge in [-0.3, -0.25) is 9.59 Å². The van der Waals surface area contributed by atoms with Crippen LogP contribution in [-0.2, 0) is 4.79 Å². The molecule has 0 radical (unpaired) electrons. The van der Waals surface area contributed by atoms with Crippen LogP contribution in [0.5, 0.6) is 0 Å². The van der Waals surface area contributed by atoms with Gasteiger partial charge in [0, 0.05) is 12.7 Å².